The summed E-state index contributed by atoms with van der Waals surface area (Å²) in [7, 11) is 0. The number of pyridine rings is 1. The van der Waals surface area contributed by atoms with E-state index in [-0.39, 0.29) is 5.97 Å². The van der Waals surface area contributed by atoms with Crippen LogP contribution >= 0.6 is 0 Å². The second-order valence-corrected chi connectivity index (χ2v) is 4.76. The van der Waals surface area contributed by atoms with E-state index in [0.29, 0.717) is 11.3 Å². The molecule has 3 heteroatoms. The number of esters is 1. The fraction of sp³-hybridized carbons (Fsp3) is 0.250. The largest absolute Gasteiger partial charge is 0.423 e. The number of nitrogens with zero attached hydrogens (tertiary/aromatic N) is 1. The number of aryl methyl sites for hydroxylation is 2. The Balaban J connectivity index is 1.78. The predicted octanol–water partition coefficient (Wildman–Crippen LogP) is 3.18. The zero-order valence-electron chi connectivity index (χ0n) is 10.6. The van der Waals surface area contributed by atoms with Gasteiger partial charge in [0.15, 0.2) is 0 Å². The summed E-state index contributed by atoms with van der Waals surface area (Å²) in [6.07, 6.45) is 7.86. The van der Waals surface area contributed by atoms with Crippen molar-refractivity contribution in [2.24, 2.45) is 0 Å². The van der Waals surface area contributed by atoms with Crippen LogP contribution in [0, 0.1) is 0 Å². The average Bonchev–Trinajstić information content (AvgIpc) is 2.48. The molecular weight excluding hydrogens is 238 g/mol. The lowest BCUT2D eigenvalue weighted by Crippen LogP contribution is -2.09. The van der Waals surface area contributed by atoms with Crippen LogP contribution in [-0.4, -0.2) is 11.0 Å². The molecule has 0 aliphatic heterocycles. The second-order valence-electron chi connectivity index (χ2n) is 4.76. The van der Waals surface area contributed by atoms with E-state index in [1.54, 1.807) is 24.5 Å². The predicted molar refractivity (Wildman–Crippen MR) is 72.3 cm³/mol. The summed E-state index contributed by atoms with van der Waals surface area (Å²) in [4.78, 5) is 15.8. The highest BCUT2D eigenvalue weighted by Gasteiger charge is 2.12. The van der Waals surface area contributed by atoms with Crippen LogP contribution in [0.4, 0.5) is 0 Å². The van der Waals surface area contributed by atoms with Gasteiger partial charge < -0.3 is 4.74 Å². The third-order valence-corrected chi connectivity index (χ3v) is 3.45. The van der Waals surface area contributed by atoms with E-state index in [2.05, 4.69) is 11.1 Å². The first-order valence-corrected chi connectivity index (χ1v) is 6.57. The summed E-state index contributed by atoms with van der Waals surface area (Å²) in [6, 6.07) is 9.25. The molecule has 0 saturated heterocycles. The molecule has 1 aromatic heterocycles. The fourth-order valence-electron chi connectivity index (χ4n) is 2.43. The molecule has 1 aromatic carbocycles. The van der Waals surface area contributed by atoms with Crippen LogP contribution < -0.4 is 4.74 Å². The van der Waals surface area contributed by atoms with Gasteiger partial charge in [0.25, 0.3) is 0 Å². The minimum absolute atomic E-state index is 0.335. The molecule has 96 valence electrons. The van der Waals surface area contributed by atoms with E-state index in [9.17, 15) is 4.79 Å². The fourth-order valence-corrected chi connectivity index (χ4v) is 2.43. The Morgan fingerprint density at radius 3 is 2.53 bits per heavy atom. The third kappa shape index (κ3) is 2.65. The minimum Gasteiger partial charge on any atom is -0.423 e. The molecule has 0 spiro atoms. The normalized spacial score (nSPS) is 13.7. The van der Waals surface area contributed by atoms with Gasteiger partial charge in [0.2, 0.25) is 0 Å². The van der Waals surface area contributed by atoms with Crippen LogP contribution in [0.25, 0.3) is 0 Å². The molecule has 0 saturated carbocycles. The van der Waals surface area contributed by atoms with Crippen molar-refractivity contribution in [3.8, 4) is 5.75 Å². The SMILES string of the molecule is O=C(Oc1ccc2c(c1)CCCC2)c1ccncc1. The van der Waals surface area contributed by atoms with E-state index < -0.39 is 0 Å². The van der Waals surface area contributed by atoms with Crippen molar-refractivity contribution < 1.29 is 9.53 Å². The van der Waals surface area contributed by atoms with Gasteiger partial charge in [-0.2, -0.15) is 0 Å². The third-order valence-electron chi connectivity index (χ3n) is 3.45. The Morgan fingerprint density at radius 1 is 1.00 bits per heavy atom. The first-order chi connectivity index (χ1) is 9.33. The zero-order valence-corrected chi connectivity index (χ0v) is 10.6. The number of hydrogen-bond donors (Lipinski definition) is 0. The minimum atomic E-state index is -0.335. The van der Waals surface area contributed by atoms with Crippen LogP contribution in [0.1, 0.15) is 34.3 Å². The Kier molecular flexibility index (Phi) is 3.27. The highest BCUT2D eigenvalue weighted by atomic mass is 16.5. The van der Waals surface area contributed by atoms with Crippen molar-refractivity contribution in [2.75, 3.05) is 0 Å². The van der Waals surface area contributed by atoms with Crippen molar-refractivity contribution in [3.05, 3.63) is 59.4 Å². The van der Waals surface area contributed by atoms with Gasteiger partial charge >= 0.3 is 5.97 Å². The first kappa shape index (κ1) is 11.9. The van der Waals surface area contributed by atoms with E-state index in [1.807, 2.05) is 12.1 Å². The molecule has 3 nitrogen and oxygen atoms in total. The lowest BCUT2D eigenvalue weighted by atomic mass is 9.92. The van der Waals surface area contributed by atoms with Gasteiger partial charge in [0.05, 0.1) is 5.56 Å². The second kappa shape index (κ2) is 5.22. The maximum atomic E-state index is 11.9. The number of benzene rings is 1. The quantitative estimate of drug-likeness (QED) is 0.609. The molecule has 2 aromatic rings. The maximum absolute atomic E-state index is 11.9. The van der Waals surface area contributed by atoms with Crippen molar-refractivity contribution in [1.82, 2.24) is 4.98 Å². The van der Waals surface area contributed by atoms with E-state index in [4.69, 9.17) is 4.74 Å². The molecule has 0 N–H and O–H groups in total. The number of ether oxygens (including phenoxy) is 1. The van der Waals surface area contributed by atoms with Gasteiger partial charge in [-0.1, -0.05) is 6.07 Å². The molecule has 0 radical (unpaired) electrons. The molecular formula is C16H15NO2. The van der Waals surface area contributed by atoms with Crippen molar-refractivity contribution in [3.63, 3.8) is 0 Å². The Labute approximate surface area is 112 Å². The van der Waals surface area contributed by atoms with Crippen LogP contribution in [-0.2, 0) is 12.8 Å². The standard InChI is InChI=1S/C16H15NO2/c18-16(13-7-9-17-10-8-13)19-15-6-5-12-3-1-2-4-14(12)11-15/h5-11H,1-4H2. The molecule has 0 atom stereocenters. The summed E-state index contributed by atoms with van der Waals surface area (Å²) in [6.45, 7) is 0. The zero-order chi connectivity index (χ0) is 13.1. The average molecular weight is 253 g/mol. The first-order valence-electron chi connectivity index (χ1n) is 6.57. The molecule has 0 fully saturated rings. The van der Waals surface area contributed by atoms with Crippen molar-refractivity contribution in [1.29, 1.82) is 0 Å². The van der Waals surface area contributed by atoms with Crippen molar-refractivity contribution >= 4 is 5.97 Å². The number of rotatable bonds is 2. The molecule has 1 aliphatic carbocycles. The molecule has 0 amide bonds. The van der Waals surface area contributed by atoms with Crippen LogP contribution in [0.15, 0.2) is 42.7 Å². The monoisotopic (exact) mass is 253 g/mol. The lowest BCUT2D eigenvalue weighted by Gasteiger charge is -2.16. The van der Waals surface area contributed by atoms with Gasteiger partial charge in [0.1, 0.15) is 5.75 Å². The highest BCUT2D eigenvalue weighted by Crippen LogP contribution is 2.25. The number of hydrogen-bond acceptors (Lipinski definition) is 3. The van der Waals surface area contributed by atoms with E-state index in [1.165, 1.54) is 24.0 Å². The van der Waals surface area contributed by atoms with E-state index >= 15 is 0 Å². The van der Waals surface area contributed by atoms with Gasteiger partial charge in [-0.05, 0) is 61.1 Å². The number of carbonyl (C=O) groups is 1. The van der Waals surface area contributed by atoms with Gasteiger partial charge in [-0.15, -0.1) is 0 Å². The summed E-state index contributed by atoms with van der Waals surface area (Å²) in [5.74, 6) is 0.292. The Morgan fingerprint density at radius 2 is 1.74 bits per heavy atom. The summed E-state index contributed by atoms with van der Waals surface area (Å²) in [5, 5.41) is 0. The summed E-state index contributed by atoms with van der Waals surface area (Å²) >= 11 is 0. The highest BCUT2D eigenvalue weighted by molar-refractivity contribution is 5.90. The van der Waals surface area contributed by atoms with Crippen molar-refractivity contribution in [2.45, 2.75) is 25.7 Å². The van der Waals surface area contributed by atoms with Crippen LogP contribution in [0.2, 0.25) is 0 Å². The van der Waals surface area contributed by atoms with Gasteiger partial charge in [-0.3, -0.25) is 4.98 Å². The molecule has 19 heavy (non-hydrogen) atoms. The smallest absolute Gasteiger partial charge is 0.343 e. The number of fused-ring (bicyclic) bond motifs is 1. The molecule has 1 heterocycles. The molecule has 3 rings (SSSR count). The van der Waals surface area contributed by atoms with Gasteiger partial charge in [-0.25, -0.2) is 4.79 Å². The molecule has 1 aliphatic rings. The maximum Gasteiger partial charge on any atom is 0.343 e. The summed E-state index contributed by atoms with van der Waals surface area (Å²) < 4.78 is 5.40. The number of aromatic nitrogens is 1. The Bertz CT molecular complexity index is 593. The Hall–Kier alpha value is -2.16. The molecule has 0 unspecified atom stereocenters. The van der Waals surface area contributed by atoms with Crippen LogP contribution in [0.5, 0.6) is 5.75 Å². The summed E-state index contributed by atoms with van der Waals surface area (Å²) in [5.41, 5.74) is 3.22. The topological polar surface area (TPSA) is 39.2 Å². The van der Waals surface area contributed by atoms with Crippen LogP contribution in [0.3, 0.4) is 0 Å². The lowest BCUT2D eigenvalue weighted by molar-refractivity contribution is 0.0734. The van der Waals surface area contributed by atoms with E-state index in [0.717, 1.165) is 12.8 Å². The number of carbonyl (C=O) groups excluding carboxylic acids is 1. The van der Waals surface area contributed by atoms with Gasteiger partial charge in [0, 0.05) is 12.4 Å². The molecule has 0 bridgehead atoms.